The van der Waals surface area contributed by atoms with Crippen molar-refractivity contribution in [3.8, 4) is 0 Å². The van der Waals surface area contributed by atoms with Gasteiger partial charge in [0.1, 0.15) is 5.76 Å². The average Bonchev–Trinajstić information content (AvgIpc) is 2.03. The molecule has 0 heterocycles. The van der Waals surface area contributed by atoms with Crippen LogP contribution in [0.1, 0.15) is 13.3 Å². The average molecular weight is 236 g/mol. The van der Waals surface area contributed by atoms with Crippen LogP contribution in [0.3, 0.4) is 0 Å². The molecule has 1 rings (SSSR count). The summed E-state index contributed by atoms with van der Waals surface area (Å²) in [6.07, 6.45) is 8.58. The summed E-state index contributed by atoms with van der Waals surface area (Å²) in [5, 5.41) is 0. The van der Waals surface area contributed by atoms with Crippen molar-refractivity contribution < 1.29 is 36.6 Å². The molecule has 1 radical (unpaired) electrons. The predicted molar refractivity (Wildman–Crippen MR) is 41.3 cm³/mol. The summed E-state index contributed by atoms with van der Waals surface area (Å²) in [7, 11) is 0. The molecule has 0 aromatic rings. The molecule has 0 aromatic heterocycles. The first-order valence-corrected chi connectivity index (χ1v) is 3.52. The van der Waals surface area contributed by atoms with E-state index in [1.807, 2.05) is 24.6 Å². The molecule has 1 aliphatic rings. The molecule has 1 aliphatic carbocycles. The summed E-state index contributed by atoms with van der Waals surface area (Å²) in [5.41, 5.74) is 2.93. The third-order valence-electron chi connectivity index (χ3n) is 1.16. The molecule has 0 aromatic carbocycles. The van der Waals surface area contributed by atoms with E-state index in [4.69, 9.17) is 4.74 Å². The molecule has 0 fully saturated rings. The fourth-order valence-electron chi connectivity index (χ4n) is 0.688. The molecule has 3 heteroatoms. The van der Waals surface area contributed by atoms with Crippen LogP contribution >= 0.6 is 0 Å². The second-order valence-electron chi connectivity index (χ2n) is 2.08. The molecule has 0 saturated heterocycles. The minimum absolute atomic E-state index is 0. The van der Waals surface area contributed by atoms with Gasteiger partial charge in [0, 0.05) is 19.5 Å². The van der Waals surface area contributed by atoms with Crippen LogP contribution in [0.5, 0.6) is 0 Å². The fourth-order valence-corrected chi connectivity index (χ4v) is 0.688. The molecule has 12 heavy (non-hydrogen) atoms. The first kappa shape index (κ1) is 14.5. The number of halogens is 1. The monoisotopic (exact) mass is 234 g/mol. The van der Waals surface area contributed by atoms with Gasteiger partial charge in [0.05, 0.1) is 13.0 Å². The van der Waals surface area contributed by atoms with Gasteiger partial charge in [-0.1, -0.05) is 6.92 Å². The van der Waals surface area contributed by atoms with Gasteiger partial charge in [-0.05, 0) is 24.6 Å². The smallest absolute Gasteiger partial charge is 0.105 e. The third-order valence-corrected chi connectivity index (χ3v) is 1.16. The molecule has 1 nitrogen and oxygen atoms in total. The largest absolute Gasteiger partial charge is 1.00 e. The van der Waals surface area contributed by atoms with Gasteiger partial charge in [-0.3, -0.25) is 0 Å². The number of allylic oxidation sites excluding steroid dienone is 2. The Kier molecular flexibility index (Phi) is 10.9. The molecule has 0 atom stereocenters. The Bertz CT molecular complexity index is 193. The van der Waals surface area contributed by atoms with Crippen LogP contribution in [0.2, 0.25) is 0 Å². The zero-order valence-corrected chi connectivity index (χ0v) is 10.9. The van der Waals surface area contributed by atoms with Crippen LogP contribution in [0.4, 0.5) is 0 Å². The summed E-state index contributed by atoms with van der Waals surface area (Å²) in [6, 6.07) is 0. The third kappa shape index (κ3) is 5.60. The topological polar surface area (TPSA) is 9.23 Å². The second-order valence-corrected chi connectivity index (χ2v) is 2.08. The molecule has 0 aliphatic heterocycles. The normalized spacial score (nSPS) is 12.6. The minimum Gasteiger partial charge on any atom is -1.00 e. The molecule has 63 valence electrons. The molecule has 0 amide bonds. The Balaban J connectivity index is 0. The van der Waals surface area contributed by atoms with Gasteiger partial charge >= 0.3 is 0 Å². The van der Waals surface area contributed by atoms with Gasteiger partial charge < -0.3 is 17.1 Å². The minimum atomic E-state index is 0. The molecule has 0 saturated carbocycles. The Hall–Kier alpha value is -0.0266. The molecule has 0 N–H and O–H groups in total. The standard InChI is InChI=1S/C9H11O.ClH.Zn/c1-2-8-10-9-6-4-3-5-7-9;;/h4-7H,2,8H2,1H3;1H;/p-1. The van der Waals surface area contributed by atoms with Crippen molar-refractivity contribution in [1.29, 1.82) is 0 Å². The SMILES string of the molecule is CCCOC1=CC=C=C[CH]1.[Cl-].[Zn]. The van der Waals surface area contributed by atoms with Crippen molar-refractivity contribution in [3.63, 3.8) is 0 Å². The first-order valence-electron chi connectivity index (χ1n) is 3.52. The van der Waals surface area contributed by atoms with E-state index in [2.05, 4.69) is 12.7 Å². The molecular formula is C9H11ClOZn-. The molecule has 0 bridgehead atoms. The quantitative estimate of drug-likeness (QED) is 0.461. The van der Waals surface area contributed by atoms with Gasteiger partial charge in [0.25, 0.3) is 0 Å². The first-order chi connectivity index (χ1) is 4.93. The van der Waals surface area contributed by atoms with Gasteiger partial charge in [0.15, 0.2) is 0 Å². The van der Waals surface area contributed by atoms with Crippen LogP contribution in [0.15, 0.2) is 29.7 Å². The fraction of sp³-hybridized carbons (Fsp3) is 0.333. The van der Waals surface area contributed by atoms with E-state index in [0.29, 0.717) is 0 Å². The maximum atomic E-state index is 5.34. The zero-order valence-electron chi connectivity index (χ0n) is 7.22. The number of hydrogen-bond acceptors (Lipinski definition) is 1. The van der Waals surface area contributed by atoms with Crippen molar-refractivity contribution in [2.24, 2.45) is 0 Å². The Morgan fingerprint density at radius 2 is 2.17 bits per heavy atom. The summed E-state index contributed by atoms with van der Waals surface area (Å²) in [4.78, 5) is 0. The van der Waals surface area contributed by atoms with E-state index < -0.39 is 0 Å². The Morgan fingerprint density at radius 1 is 1.42 bits per heavy atom. The second kappa shape index (κ2) is 9.06. The van der Waals surface area contributed by atoms with Crippen molar-refractivity contribution >= 4 is 0 Å². The number of ether oxygens (including phenoxy) is 1. The van der Waals surface area contributed by atoms with E-state index in [1.165, 1.54) is 0 Å². The van der Waals surface area contributed by atoms with Gasteiger partial charge in [-0.15, -0.1) is 5.73 Å². The van der Waals surface area contributed by atoms with E-state index >= 15 is 0 Å². The van der Waals surface area contributed by atoms with E-state index in [-0.39, 0.29) is 31.9 Å². The van der Waals surface area contributed by atoms with Gasteiger partial charge in [-0.2, -0.15) is 0 Å². The molecule has 0 spiro atoms. The summed E-state index contributed by atoms with van der Waals surface area (Å²) in [6.45, 7) is 2.89. The van der Waals surface area contributed by atoms with Crippen LogP contribution < -0.4 is 12.4 Å². The van der Waals surface area contributed by atoms with Crippen molar-refractivity contribution in [1.82, 2.24) is 0 Å². The predicted octanol–water partition coefficient (Wildman–Crippen LogP) is -0.772. The van der Waals surface area contributed by atoms with Crippen molar-refractivity contribution in [2.75, 3.05) is 6.61 Å². The maximum absolute atomic E-state index is 5.34. The Morgan fingerprint density at radius 3 is 2.67 bits per heavy atom. The zero-order chi connectivity index (χ0) is 7.23. The van der Waals surface area contributed by atoms with Gasteiger partial charge in [-0.25, -0.2) is 0 Å². The number of rotatable bonds is 3. The molecular weight excluding hydrogens is 225 g/mol. The summed E-state index contributed by atoms with van der Waals surface area (Å²) < 4.78 is 5.34. The maximum Gasteiger partial charge on any atom is 0.105 e. The van der Waals surface area contributed by atoms with E-state index in [1.54, 1.807) is 0 Å². The van der Waals surface area contributed by atoms with E-state index in [9.17, 15) is 0 Å². The van der Waals surface area contributed by atoms with Crippen LogP contribution in [0.25, 0.3) is 0 Å². The summed E-state index contributed by atoms with van der Waals surface area (Å²) >= 11 is 0. The molecule has 0 unspecified atom stereocenters. The van der Waals surface area contributed by atoms with Crippen LogP contribution in [-0.2, 0) is 24.2 Å². The Labute approximate surface area is 92.7 Å². The van der Waals surface area contributed by atoms with Crippen LogP contribution in [0, 0.1) is 6.42 Å². The van der Waals surface area contributed by atoms with Crippen LogP contribution in [-0.4, -0.2) is 6.61 Å². The van der Waals surface area contributed by atoms with Crippen molar-refractivity contribution in [2.45, 2.75) is 13.3 Å². The summed E-state index contributed by atoms with van der Waals surface area (Å²) in [5.74, 6) is 0.931. The van der Waals surface area contributed by atoms with Gasteiger partial charge in [0.2, 0.25) is 0 Å². The number of hydrogen-bond donors (Lipinski definition) is 0. The van der Waals surface area contributed by atoms with E-state index in [0.717, 1.165) is 18.8 Å². The van der Waals surface area contributed by atoms with Crippen molar-refractivity contribution in [3.05, 3.63) is 36.1 Å².